The lowest BCUT2D eigenvalue weighted by atomic mass is 10.4. The van der Waals surface area contributed by atoms with Crippen molar-refractivity contribution in [3.63, 3.8) is 0 Å². The molecule has 70 valence electrons. The second-order valence-electron chi connectivity index (χ2n) is 2.77. The standard InChI is InChI=1S/C7H8N6Si/c1-14(12-10-8,13-11-9)7-5-3-2-4-6-7/h2-6H,1H3. The van der Waals surface area contributed by atoms with Crippen LogP contribution in [0.1, 0.15) is 0 Å². The van der Waals surface area contributed by atoms with E-state index in [9.17, 15) is 0 Å². The Hall–Kier alpha value is -1.94. The molecule has 0 saturated heterocycles. The maximum atomic E-state index is 8.40. The topological polar surface area (TPSA) is 97.5 Å². The van der Waals surface area contributed by atoms with Crippen LogP contribution in [0, 0.1) is 0 Å². The van der Waals surface area contributed by atoms with Crippen molar-refractivity contribution < 1.29 is 0 Å². The fourth-order valence-electron chi connectivity index (χ4n) is 1.06. The number of rotatable bonds is 3. The molecule has 0 aromatic heterocycles. The van der Waals surface area contributed by atoms with Gasteiger partial charge in [-0.3, -0.25) is 0 Å². The van der Waals surface area contributed by atoms with E-state index in [2.05, 4.69) is 19.4 Å². The first-order valence-electron chi connectivity index (χ1n) is 3.91. The average Bonchev–Trinajstić information content (AvgIpc) is 2.20. The van der Waals surface area contributed by atoms with Crippen LogP contribution in [-0.4, -0.2) is 8.40 Å². The highest BCUT2D eigenvalue weighted by Crippen LogP contribution is 2.07. The van der Waals surface area contributed by atoms with Crippen molar-refractivity contribution in [2.45, 2.75) is 6.55 Å². The second kappa shape index (κ2) is 4.34. The minimum atomic E-state index is -2.71. The molecule has 0 aliphatic carbocycles. The molecule has 14 heavy (non-hydrogen) atoms. The van der Waals surface area contributed by atoms with E-state index in [4.69, 9.17) is 11.1 Å². The van der Waals surface area contributed by atoms with Gasteiger partial charge in [0.2, 0.25) is 0 Å². The van der Waals surface area contributed by atoms with Crippen molar-refractivity contribution in [1.29, 1.82) is 0 Å². The van der Waals surface area contributed by atoms with E-state index in [1.54, 1.807) is 18.7 Å². The summed E-state index contributed by atoms with van der Waals surface area (Å²) in [5.74, 6) is 0. The Bertz CT molecular complexity index is 385. The van der Waals surface area contributed by atoms with E-state index in [1.807, 2.05) is 18.2 Å². The molecule has 0 heterocycles. The molecular weight excluding hydrogens is 196 g/mol. The predicted molar refractivity (Wildman–Crippen MR) is 56.0 cm³/mol. The third kappa shape index (κ3) is 2.05. The van der Waals surface area contributed by atoms with Crippen molar-refractivity contribution in [2.75, 3.05) is 0 Å². The molecule has 7 heteroatoms. The third-order valence-corrected chi connectivity index (χ3v) is 4.18. The number of hydrogen-bond acceptors (Lipinski definition) is 2. The zero-order valence-corrected chi connectivity index (χ0v) is 8.57. The number of benzene rings is 1. The van der Waals surface area contributed by atoms with Crippen LogP contribution in [0.25, 0.3) is 20.9 Å². The molecule has 1 rings (SSSR count). The fraction of sp³-hybridized carbons (Fsp3) is 0.143. The van der Waals surface area contributed by atoms with Gasteiger partial charge < -0.3 is 0 Å². The molecule has 0 bridgehead atoms. The van der Waals surface area contributed by atoms with E-state index in [-0.39, 0.29) is 0 Å². The second-order valence-corrected chi connectivity index (χ2v) is 5.78. The van der Waals surface area contributed by atoms with Crippen molar-refractivity contribution in [1.82, 2.24) is 0 Å². The van der Waals surface area contributed by atoms with Gasteiger partial charge >= 0.3 is 0 Å². The Kier molecular flexibility index (Phi) is 3.14. The van der Waals surface area contributed by atoms with Crippen LogP contribution in [-0.2, 0) is 0 Å². The largest absolute Gasteiger partial charge is 0.282 e. The third-order valence-electron chi connectivity index (χ3n) is 1.80. The maximum absolute atomic E-state index is 8.40. The minimum Gasteiger partial charge on any atom is -0.112 e. The van der Waals surface area contributed by atoms with Crippen molar-refractivity contribution in [2.24, 2.45) is 9.56 Å². The van der Waals surface area contributed by atoms with Crippen LogP contribution < -0.4 is 5.19 Å². The van der Waals surface area contributed by atoms with E-state index in [0.717, 1.165) is 5.19 Å². The van der Waals surface area contributed by atoms with Crippen LogP contribution in [0.15, 0.2) is 39.9 Å². The minimum absolute atomic E-state index is 0.801. The molecule has 0 aliphatic heterocycles. The summed E-state index contributed by atoms with van der Waals surface area (Å²) in [4.78, 5) is 5.45. The van der Waals surface area contributed by atoms with Crippen LogP contribution in [0.3, 0.4) is 0 Å². The summed E-state index contributed by atoms with van der Waals surface area (Å²) >= 11 is 0. The molecule has 0 N–H and O–H groups in total. The monoisotopic (exact) mass is 204 g/mol. The molecule has 1 aromatic carbocycles. The van der Waals surface area contributed by atoms with E-state index >= 15 is 0 Å². The summed E-state index contributed by atoms with van der Waals surface area (Å²) in [6.45, 7) is 1.70. The SMILES string of the molecule is C[Si](N=[N+]=[N-])(N=[N+]=[N-])c1ccccc1. The highest BCUT2D eigenvalue weighted by molar-refractivity contribution is 6.87. The molecule has 0 aliphatic rings. The van der Waals surface area contributed by atoms with Crippen LogP contribution >= 0.6 is 0 Å². The summed E-state index contributed by atoms with van der Waals surface area (Å²) in [5, 5.41) is 0.801. The highest BCUT2D eigenvalue weighted by Gasteiger charge is 2.27. The Labute approximate surface area is 81.6 Å². The molecule has 6 nitrogen and oxygen atoms in total. The molecule has 0 spiro atoms. The molecule has 1 aromatic rings. The van der Waals surface area contributed by atoms with Crippen LogP contribution in [0.2, 0.25) is 6.55 Å². The number of hydrogen-bond donors (Lipinski definition) is 0. The fourth-order valence-corrected chi connectivity index (χ4v) is 2.51. The molecule has 0 unspecified atom stereocenters. The van der Waals surface area contributed by atoms with E-state index in [1.165, 1.54) is 0 Å². The predicted octanol–water partition coefficient (Wildman–Crippen LogP) is 2.59. The van der Waals surface area contributed by atoms with Gasteiger partial charge in [0.05, 0.1) is 0 Å². The molecular formula is C7H8N6Si. The zero-order chi connectivity index (χ0) is 10.4. The van der Waals surface area contributed by atoms with Gasteiger partial charge in [-0.05, 0) is 26.1 Å². The smallest absolute Gasteiger partial charge is 0.112 e. The Morgan fingerprint density at radius 3 is 2.00 bits per heavy atom. The van der Waals surface area contributed by atoms with Crippen molar-refractivity contribution in [3.8, 4) is 0 Å². The lowest BCUT2D eigenvalue weighted by molar-refractivity contribution is 1.44. The quantitative estimate of drug-likeness (QED) is 0.313. The first-order valence-corrected chi connectivity index (χ1v) is 6.30. The summed E-state index contributed by atoms with van der Waals surface area (Å²) in [6.07, 6.45) is 0. The van der Waals surface area contributed by atoms with Gasteiger partial charge in [0.1, 0.15) is 0 Å². The van der Waals surface area contributed by atoms with Gasteiger partial charge in [0.25, 0.3) is 8.40 Å². The maximum Gasteiger partial charge on any atom is 0.282 e. The average molecular weight is 204 g/mol. The molecule has 0 fully saturated rings. The number of azide groups is 1. The number of nitrogens with zero attached hydrogens (tertiary/aromatic N) is 6. The van der Waals surface area contributed by atoms with Gasteiger partial charge in [0.15, 0.2) is 0 Å². The molecule has 0 saturated carbocycles. The van der Waals surface area contributed by atoms with Gasteiger partial charge in [-0.15, -0.1) is 9.56 Å². The van der Waals surface area contributed by atoms with Gasteiger partial charge in [-0.1, -0.05) is 36.9 Å². The molecule has 0 amide bonds. The Morgan fingerprint density at radius 1 is 1.07 bits per heavy atom. The van der Waals surface area contributed by atoms with Crippen LogP contribution in [0.4, 0.5) is 0 Å². The van der Waals surface area contributed by atoms with Crippen LogP contribution in [0.5, 0.6) is 0 Å². The highest BCUT2D eigenvalue weighted by atomic mass is 28.3. The summed E-state index contributed by atoms with van der Waals surface area (Å²) in [5.41, 5.74) is 16.8. The normalized spacial score (nSPS) is 13.2. The first-order chi connectivity index (χ1) is 6.73. The van der Waals surface area contributed by atoms with E-state index < -0.39 is 8.40 Å². The first kappa shape index (κ1) is 10.1. The van der Waals surface area contributed by atoms with Gasteiger partial charge in [-0.25, -0.2) is 0 Å². The summed E-state index contributed by atoms with van der Waals surface area (Å²) in [7, 11) is -2.71. The molecule has 0 atom stereocenters. The summed E-state index contributed by atoms with van der Waals surface area (Å²) in [6, 6.07) is 9.09. The Morgan fingerprint density at radius 2 is 1.57 bits per heavy atom. The summed E-state index contributed by atoms with van der Waals surface area (Å²) < 4.78 is 7.23. The lowest BCUT2D eigenvalue weighted by Crippen LogP contribution is -2.40. The van der Waals surface area contributed by atoms with Crippen molar-refractivity contribution >= 4 is 13.6 Å². The Balaban J connectivity index is 3.25. The van der Waals surface area contributed by atoms with E-state index in [0.29, 0.717) is 0 Å². The lowest BCUT2D eigenvalue weighted by Gasteiger charge is -2.13. The zero-order valence-electron chi connectivity index (χ0n) is 7.57. The van der Waals surface area contributed by atoms with Gasteiger partial charge in [-0.2, -0.15) is 0 Å². The molecule has 0 radical (unpaired) electrons. The van der Waals surface area contributed by atoms with Crippen molar-refractivity contribution in [3.05, 3.63) is 51.2 Å². The van der Waals surface area contributed by atoms with Gasteiger partial charge in [0, 0.05) is 0 Å².